The monoisotopic (exact) mass is 368 g/mol. The Bertz CT molecular complexity index is 890. The zero-order valence-corrected chi connectivity index (χ0v) is 16.2. The molecule has 0 saturated heterocycles. The van der Waals surface area contributed by atoms with E-state index in [1.54, 1.807) is 27.9 Å². The fourth-order valence-corrected chi connectivity index (χ4v) is 3.08. The Hall–Kier alpha value is -3.01. The van der Waals surface area contributed by atoms with Crippen LogP contribution >= 0.6 is 0 Å². The molecule has 0 saturated carbocycles. The molecular formula is C20H24N4O3. The van der Waals surface area contributed by atoms with Gasteiger partial charge in [-0.25, -0.2) is 14.3 Å². The second kappa shape index (κ2) is 7.31. The van der Waals surface area contributed by atoms with Crippen LogP contribution in [0, 0.1) is 6.57 Å². The lowest BCUT2D eigenvalue weighted by atomic mass is 10.1. The van der Waals surface area contributed by atoms with Crippen LogP contribution in [0.15, 0.2) is 24.4 Å². The van der Waals surface area contributed by atoms with Gasteiger partial charge >= 0.3 is 6.09 Å². The maximum absolute atomic E-state index is 12.6. The summed E-state index contributed by atoms with van der Waals surface area (Å²) in [7, 11) is 0. The molecule has 1 aliphatic rings. The molecule has 0 atom stereocenters. The van der Waals surface area contributed by atoms with E-state index in [0.717, 1.165) is 29.9 Å². The van der Waals surface area contributed by atoms with E-state index >= 15 is 0 Å². The minimum absolute atomic E-state index is 0.364. The molecule has 0 fully saturated rings. The van der Waals surface area contributed by atoms with Crippen molar-refractivity contribution in [3.8, 4) is 11.4 Å². The first kappa shape index (κ1) is 18.8. The summed E-state index contributed by atoms with van der Waals surface area (Å²) in [6.45, 7) is 15.8. The smallest absolute Gasteiger partial charge is 0.414 e. The number of hydrogen-bond donors (Lipinski definition) is 0. The number of nitrogens with zero attached hydrogens (tertiary/aromatic N) is 4. The van der Waals surface area contributed by atoms with Crippen molar-refractivity contribution in [2.45, 2.75) is 46.1 Å². The number of aromatic nitrogens is 2. The highest BCUT2D eigenvalue weighted by Crippen LogP contribution is 2.34. The van der Waals surface area contributed by atoms with Crippen molar-refractivity contribution >= 4 is 17.5 Å². The maximum atomic E-state index is 12.6. The fourth-order valence-electron chi connectivity index (χ4n) is 3.08. The molecule has 1 aliphatic heterocycles. The Labute approximate surface area is 159 Å². The molecule has 1 aromatic carbocycles. The van der Waals surface area contributed by atoms with Crippen molar-refractivity contribution in [3.63, 3.8) is 0 Å². The van der Waals surface area contributed by atoms with E-state index < -0.39 is 5.60 Å². The summed E-state index contributed by atoms with van der Waals surface area (Å²) in [5.41, 5.74) is 2.41. The molecular weight excluding hydrogens is 344 g/mol. The highest BCUT2D eigenvalue weighted by Gasteiger charge is 2.30. The standard InChI is InChI=1S/C20H24N4O3/c1-6-26-18-12-14(21-5)9-10-16(18)24-15-8-7-11-23(17(15)13-22-24)19(25)27-20(2,3)4/h9-10,12-13H,6-8,11H2,1-4H3. The lowest BCUT2D eigenvalue weighted by molar-refractivity contribution is 0.0577. The maximum Gasteiger partial charge on any atom is 0.414 e. The molecule has 1 aromatic heterocycles. The first-order valence-electron chi connectivity index (χ1n) is 9.06. The van der Waals surface area contributed by atoms with E-state index in [-0.39, 0.29) is 6.09 Å². The number of hydrogen-bond acceptors (Lipinski definition) is 4. The van der Waals surface area contributed by atoms with Crippen LogP contribution in [0.5, 0.6) is 5.75 Å². The molecule has 2 aromatic rings. The lowest BCUT2D eigenvalue weighted by Gasteiger charge is -2.30. The van der Waals surface area contributed by atoms with Crippen LogP contribution in [0.25, 0.3) is 10.5 Å². The number of carbonyl (C=O) groups is 1. The Morgan fingerprint density at radius 1 is 1.33 bits per heavy atom. The van der Waals surface area contributed by atoms with Crippen molar-refractivity contribution < 1.29 is 14.3 Å². The van der Waals surface area contributed by atoms with E-state index in [2.05, 4.69) is 9.94 Å². The zero-order chi connectivity index (χ0) is 19.6. The topological polar surface area (TPSA) is 61.0 Å². The number of rotatable bonds is 3. The number of carbonyl (C=O) groups excluding carboxylic acids is 1. The van der Waals surface area contributed by atoms with Crippen molar-refractivity contribution in [2.75, 3.05) is 18.1 Å². The SMILES string of the molecule is [C-]#[N+]c1ccc(-n2ncc3c2CCCN3C(=O)OC(C)(C)C)c(OCC)c1. The van der Waals surface area contributed by atoms with Gasteiger partial charge < -0.3 is 9.47 Å². The van der Waals surface area contributed by atoms with Gasteiger partial charge in [-0.1, -0.05) is 6.07 Å². The summed E-state index contributed by atoms with van der Waals surface area (Å²) in [4.78, 5) is 17.7. The highest BCUT2D eigenvalue weighted by atomic mass is 16.6. The summed E-state index contributed by atoms with van der Waals surface area (Å²) < 4.78 is 13.1. The molecule has 2 heterocycles. The number of benzene rings is 1. The van der Waals surface area contributed by atoms with E-state index in [0.29, 0.717) is 24.6 Å². The van der Waals surface area contributed by atoms with Gasteiger partial charge in [-0.3, -0.25) is 4.90 Å². The van der Waals surface area contributed by atoms with Gasteiger partial charge in [0, 0.05) is 6.54 Å². The molecule has 0 bridgehead atoms. The summed E-state index contributed by atoms with van der Waals surface area (Å²) in [6, 6.07) is 5.29. The molecule has 7 heteroatoms. The average Bonchev–Trinajstić information content (AvgIpc) is 3.04. The second-order valence-corrected chi connectivity index (χ2v) is 7.32. The third-order valence-electron chi connectivity index (χ3n) is 4.15. The molecule has 0 spiro atoms. The summed E-state index contributed by atoms with van der Waals surface area (Å²) in [5.74, 6) is 0.603. The molecule has 7 nitrogen and oxygen atoms in total. The molecule has 0 N–H and O–H groups in total. The predicted molar refractivity (Wildman–Crippen MR) is 103 cm³/mol. The van der Waals surface area contributed by atoms with Gasteiger partial charge in [0.25, 0.3) is 0 Å². The lowest BCUT2D eigenvalue weighted by Crippen LogP contribution is -2.39. The molecule has 142 valence electrons. The third-order valence-corrected chi connectivity index (χ3v) is 4.15. The fraction of sp³-hybridized carbons (Fsp3) is 0.450. The molecule has 0 unspecified atom stereocenters. The Morgan fingerprint density at radius 2 is 2.11 bits per heavy atom. The van der Waals surface area contributed by atoms with Crippen LogP contribution in [0.1, 0.15) is 39.8 Å². The third kappa shape index (κ3) is 3.90. The van der Waals surface area contributed by atoms with E-state index in [4.69, 9.17) is 16.0 Å². The summed E-state index contributed by atoms with van der Waals surface area (Å²) in [5, 5.41) is 4.51. The minimum Gasteiger partial charge on any atom is -0.493 e. The summed E-state index contributed by atoms with van der Waals surface area (Å²) >= 11 is 0. The van der Waals surface area contributed by atoms with Gasteiger partial charge in [0.15, 0.2) is 5.69 Å². The van der Waals surface area contributed by atoms with Crippen LogP contribution in [0.4, 0.5) is 16.2 Å². The Kier molecular flexibility index (Phi) is 5.08. The quantitative estimate of drug-likeness (QED) is 0.748. The van der Waals surface area contributed by atoms with E-state index in [1.807, 2.05) is 33.8 Å². The molecule has 3 rings (SSSR count). The van der Waals surface area contributed by atoms with Crippen LogP contribution in [0.2, 0.25) is 0 Å². The molecule has 0 aliphatic carbocycles. The van der Waals surface area contributed by atoms with Gasteiger partial charge in [-0.15, -0.1) is 0 Å². The average molecular weight is 368 g/mol. The van der Waals surface area contributed by atoms with Gasteiger partial charge in [0.2, 0.25) is 0 Å². The number of fused-ring (bicyclic) bond motifs is 1. The molecule has 27 heavy (non-hydrogen) atoms. The second-order valence-electron chi connectivity index (χ2n) is 7.32. The van der Waals surface area contributed by atoms with Crippen LogP contribution in [-0.2, 0) is 11.2 Å². The van der Waals surface area contributed by atoms with Gasteiger partial charge in [0.05, 0.1) is 30.8 Å². The van der Waals surface area contributed by atoms with Crippen molar-refractivity contribution in [3.05, 3.63) is 41.5 Å². The highest BCUT2D eigenvalue weighted by molar-refractivity contribution is 5.89. The Balaban J connectivity index is 2.00. The zero-order valence-electron chi connectivity index (χ0n) is 16.2. The Morgan fingerprint density at radius 3 is 2.78 bits per heavy atom. The van der Waals surface area contributed by atoms with E-state index in [1.165, 1.54) is 0 Å². The van der Waals surface area contributed by atoms with Crippen LogP contribution < -0.4 is 9.64 Å². The first-order chi connectivity index (χ1) is 12.8. The van der Waals surface area contributed by atoms with Crippen molar-refractivity contribution in [1.82, 2.24) is 9.78 Å². The van der Waals surface area contributed by atoms with E-state index in [9.17, 15) is 4.79 Å². The predicted octanol–water partition coefficient (Wildman–Crippen LogP) is 4.51. The van der Waals surface area contributed by atoms with Crippen LogP contribution in [0.3, 0.4) is 0 Å². The first-order valence-corrected chi connectivity index (χ1v) is 9.06. The largest absolute Gasteiger partial charge is 0.493 e. The summed E-state index contributed by atoms with van der Waals surface area (Å²) in [6.07, 6.45) is 2.94. The van der Waals surface area contributed by atoms with Crippen molar-refractivity contribution in [1.29, 1.82) is 0 Å². The normalized spacial score (nSPS) is 13.7. The number of ether oxygens (including phenoxy) is 2. The minimum atomic E-state index is -0.553. The number of amides is 1. The van der Waals surface area contributed by atoms with Gasteiger partial charge in [-0.05, 0) is 52.7 Å². The van der Waals surface area contributed by atoms with Crippen LogP contribution in [-0.4, -0.2) is 34.6 Å². The number of anilines is 1. The molecule has 1 amide bonds. The van der Waals surface area contributed by atoms with Gasteiger partial charge in [0.1, 0.15) is 17.0 Å². The van der Waals surface area contributed by atoms with Crippen molar-refractivity contribution in [2.24, 2.45) is 0 Å². The molecule has 0 radical (unpaired) electrons. The van der Waals surface area contributed by atoms with Gasteiger partial charge in [-0.2, -0.15) is 5.10 Å².